The Morgan fingerprint density at radius 2 is 2.22 bits per heavy atom. The number of aromatic nitrogens is 1. The standard InChI is InChI=1S/C12H18ClN3O2/c1-3-4-5-6-9(2)14-12-10(16(17)18)7-8-11(13)15-12/h7-9H,3-6H2,1-2H3,(H,14,15). The van der Waals surface area contributed by atoms with Gasteiger partial charge >= 0.3 is 5.69 Å². The summed E-state index contributed by atoms with van der Waals surface area (Å²) < 4.78 is 0. The molecule has 1 aromatic heterocycles. The molecular formula is C12H18ClN3O2. The van der Waals surface area contributed by atoms with Crippen molar-refractivity contribution < 1.29 is 4.92 Å². The molecule has 1 N–H and O–H groups in total. The van der Waals surface area contributed by atoms with Crippen LogP contribution in [-0.4, -0.2) is 15.9 Å². The largest absolute Gasteiger partial charge is 0.362 e. The summed E-state index contributed by atoms with van der Waals surface area (Å²) >= 11 is 5.76. The summed E-state index contributed by atoms with van der Waals surface area (Å²) in [6.07, 6.45) is 4.37. The fourth-order valence-electron chi connectivity index (χ4n) is 1.69. The van der Waals surface area contributed by atoms with Gasteiger partial charge in [-0.15, -0.1) is 0 Å². The minimum Gasteiger partial charge on any atom is -0.362 e. The average Bonchev–Trinajstić information content (AvgIpc) is 2.29. The van der Waals surface area contributed by atoms with Gasteiger partial charge < -0.3 is 5.32 Å². The van der Waals surface area contributed by atoms with Crippen LogP contribution in [0.4, 0.5) is 11.5 Å². The van der Waals surface area contributed by atoms with Crippen LogP contribution >= 0.6 is 11.6 Å². The van der Waals surface area contributed by atoms with Crippen LogP contribution in [0.3, 0.4) is 0 Å². The maximum atomic E-state index is 10.9. The van der Waals surface area contributed by atoms with E-state index in [9.17, 15) is 10.1 Å². The van der Waals surface area contributed by atoms with Gasteiger partial charge in [-0.05, 0) is 19.4 Å². The number of halogens is 1. The van der Waals surface area contributed by atoms with Crippen molar-refractivity contribution in [2.45, 2.75) is 45.6 Å². The lowest BCUT2D eigenvalue weighted by atomic mass is 10.1. The first-order valence-electron chi connectivity index (χ1n) is 6.12. The molecule has 0 aliphatic rings. The number of anilines is 1. The highest BCUT2D eigenvalue weighted by molar-refractivity contribution is 6.29. The van der Waals surface area contributed by atoms with Gasteiger partial charge in [0, 0.05) is 12.1 Å². The third-order valence-electron chi connectivity index (χ3n) is 2.66. The number of nitrogens with zero attached hydrogens (tertiary/aromatic N) is 2. The van der Waals surface area contributed by atoms with Gasteiger partial charge in [0.1, 0.15) is 5.15 Å². The number of hydrogen-bond acceptors (Lipinski definition) is 4. The van der Waals surface area contributed by atoms with E-state index >= 15 is 0 Å². The first kappa shape index (κ1) is 14.7. The van der Waals surface area contributed by atoms with Gasteiger partial charge in [-0.1, -0.05) is 37.8 Å². The first-order chi connectivity index (χ1) is 8.54. The zero-order valence-electron chi connectivity index (χ0n) is 10.6. The van der Waals surface area contributed by atoms with E-state index in [0.29, 0.717) is 0 Å². The van der Waals surface area contributed by atoms with E-state index in [-0.39, 0.29) is 22.7 Å². The molecule has 0 saturated heterocycles. The van der Waals surface area contributed by atoms with Gasteiger partial charge in [-0.3, -0.25) is 10.1 Å². The predicted octanol–water partition coefficient (Wildman–Crippen LogP) is 4.02. The fraction of sp³-hybridized carbons (Fsp3) is 0.583. The molecule has 1 heterocycles. The third-order valence-corrected chi connectivity index (χ3v) is 2.87. The van der Waals surface area contributed by atoms with E-state index < -0.39 is 4.92 Å². The van der Waals surface area contributed by atoms with Crippen LogP contribution in [0, 0.1) is 10.1 Å². The molecule has 0 aromatic carbocycles. The molecule has 0 radical (unpaired) electrons. The SMILES string of the molecule is CCCCCC(C)Nc1nc(Cl)ccc1[N+](=O)[O-]. The van der Waals surface area contributed by atoms with Crippen LogP contribution in [0.2, 0.25) is 5.15 Å². The summed E-state index contributed by atoms with van der Waals surface area (Å²) in [5.74, 6) is 0.247. The second kappa shape index (κ2) is 7.16. The first-order valence-corrected chi connectivity index (χ1v) is 6.49. The van der Waals surface area contributed by atoms with Crippen molar-refractivity contribution in [3.05, 3.63) is 27.4 Å². The zero-order valence-corrected chi connectivity index (χ0v) is 11.4. The lowest BCUT2D eigenvalue weighted by molar-refractivity contribution is -0.384. The molecule has 100 valence electrons. The highest BCUT2D eigenvalue weighted by atomic mass is 35.5. The number of rotatable bonds is 7. The molecule has 6 heteroatoms. The molecule has 0 saturated carbocycles. The second-order valence-electron chi connectivity index (χ2n) is 4.30. The van der Waals surface area contributed by atoms with Crippen molar-refractivity contribution in [2.75, 3.05) is 5.32 Å². The molecule has 0 aliphatic carbocycles. The van der Waals surface area contributed by atoms with E-state index in [2.05, 4.69) is 17.2 Å². The maximum absolute atomic E-state index is 10.9. The van der Waals surface area contributed by atoms with Crippen molar-refractivity contribution in [1.82, 2.24) is 4.98 Å². The number of pyridine rings is 1. The lowest BCUT2D eigenvalue weighted by Gasteiger charge is -2.14. The second-order valence-corrected chi connectivity index (χ2v) is 4.69. The van der Waals surface area contributed by atoms with E-state index in [0.717, 1.165) is 25.7 Å². The van der Waals surface area contributed by atoms with Crippen LogP contribution in [0.25, 0.3) is 0 Å². The van der Waals surface area contributed by atoms with Crippen LogP contribution in [0.5, 0.6) is 0 Å². The van der Waals surface area contributed by atoms with Crippen LogP contribution in [0.1, 0.15) is 39.5 Å². The summed E-state index contributed by atoms with van der Waals surface area (Å²) in [5, 5.41) is 14.2. The summed E-state index contributed by atoms with van der Waals surface area (Å²) in [6.45, 7) is 4.13. The fourth-order valence-corrected chi connectivity index (χ4v) is 1.84. The summed E-state index contributed by atoms with van der Waals surface area (Å²) in [4.78, 5) is 14.4. The summed E-state index contributed by atoms with van der Waals surface area (Å²) in [6, 6.07) is 2.93. The van der Waals surface area contributed by atoms with E-state index in [4.69, 9.17) is 11.6 Å². The molecule has 1 rings (SSSR count). The predicted molar refractivity (Wildman–Crippen MR) is 73.1 cm³/mol. The van der Waals surface area contributed by atoms with E-state index in [1.54, 1.807) is 0 Å². The quantitative estimate of drug-likeness (QED) is 0.352. The monoisotopic (exact) mass is 271 g/mol. The Balaban J connectivity index is 2.70. The molecular weight excluding hydrogens is 254 g/mol. The maximum Gasteiger partial charge on any atom is 0.311 e. The minimum atomic E-state index is -0.454. The summed E-state index contributed by atoms with van der Waals surface area (Å²) in [5.41, 5.74) is -0.0401. The van der Waals surface area contributed by atoms with E-state index in [1.165, 1.54) is 12.1 Å². The van der Waals surface area contributed by atoms with Gasteiger partial charge in [0.25, 0.3) is 0 Å². The molecule has 5 nitrogen and oxygen atoms in total. The normalized spacial score (nSPS) is 12.2. The Kier molecular flexibility index (Phi) is 5.85. The Morgan fingerprint density at radius 3 is 2.83 bits per heavy atom. The van der Waals surface area contributed by atoms with Crippen LogP contribution in [0.15, 0.2) is 12.1 Å². The Hall–Kier alpha value is -1.36. The lowest BCUT2D eigenvalue weighted by Crippen LogP contribution is -2.17. The molecule has 0 spiro atoms. The van der Waals surface area contributed by atoms with Crippen LogP contribution < -0.4 is 5.32 Å². The van der Waals surface area contributed by atoms with Crippen LogP contribution in [-0.2, 0) is 0 Å². The Labute approximate surface area is 112 Å². The number of nitrogens with one attached hydrogen (secondary N) is 1. The Morgan fingerprint density at radius 1 is 1.50 bits per heavy atom. The van der Waals surface area contributed by atoms with Gasteiger partial charge in [-0.2, -0.15) is 0 Å². The van der Waals surface area contributed by atoms with Crippen molar-refractivity contribution in [3.8, 4) is 0 Å². The van der Waals surface area contributed by atoms with Crippen molar-refractivity contribution in [3.63, 3.8) is 0 Å². The zero-order chi connectivity index (χ0) is 13.5. The number of hydrogen-bond donors (Lipinski definition) is 1. The number of unbranched alkanes of at least 4 members (excludes halogenated alkanes) is 2. The van der Waals surface area contributed by atoms with E-state index in [1.807, 2.05) is 6.92 Å². The minimum absolute atomic E-state index is 0.0401. The Bertz CT molecular complexity index is 412. The molecule has 1 aromatic rings. The molecule has 0 fully saturated rings. The average molecular weight is 272 g/mol. The highest BCUT2D eigenvalue weighted by Gasteiger charge is 2.17. The molecule has 0 bridgehead atoms. The summed E-state index contributed by atoms with van der Waals surface area (Å²) in [7, 11) is 0. The van der Waals surface area contributed by atoms with Crippen molar-refractivity contribution >= 4 is 23.1 Å². The van der Waals surface area contributed by atoms with Crippen molar-refractivity contribution in [1.29, 1.82) is 0 Å². The third kappa shape index (κ3) is 4.49. The molecule has 1 unspecified atom stereocenters. The van der Waals surface area contributed by atoms with Gasteiger partial charge in [0.15, 0.2) is 0 Å². The van der Waals surface area contributed by atoms with Gasteiger partial charge in [-0.25, -0.2) is 4.98 Å². The van der Waals surface area contributed by atoms with Crippen molar-refractivity contribution in [2.24, 2.45) is 0 Å². The number of nitro groups is 1. The van der Waals surface area contributed by atoms with Gasteiger partial charge in [0.2, 0.25) is 5.82 Å². The topological polar surface area (TPSA) is 68.1 Å². The molecule has 0 aliphatic heterocycles. The highest BCUT2D eigenvalue weighted by Crippen LogP contribution is 2.25. The smallest absolute Gasteiger partial charge is 0.311 e. The molecule has 1 atom stereocenters. The molecule has 0 amide bonds. The molecule has 18 heavy (non-hydrogen) atoms. The van der Waals surface area contributed by atoms with Gasteiger partial charge in [0.05, 0.1) is 4.92 Å².